The van der Waals surface area contributed by atoms with Gasteiger partial charge in [-0.1, -0.05) is 13.3 Å². The molecule has 0 aliphatic rings. The van der Waals surface area contributed by atoms with Crippen molar-refractivity contribution in [1.29, 1.82) is 0 Å². The van der Waals surface area contributed by atoms with Crippen molar-refractivity contribution >= 4 is 6.09 Å². The van der Waals surface area contributed by atoms with E-state index < -0.39 is 18.9 Å². The Morgan fingerprint density at radius 2 is 1.88 bits per heavy atom. The Labute approximate surface area is 98.5 Å². The predicted molar refractivity (Wildman–Crippen MR) is 55.7 cm³/mol. The number of amides is 1. The molecule has 0 atom stereocenters. The van der Waals surface area contributed by atoms with Crippen LogP contribution in [0.2, 0.25) is 0 Å². The van der Waals surface area contributed by atoms with Crippen LogP contribution in [0.4, 0.5) is 18.0 Å². The molecule has 7 heteroatoms. The van der Waals surface area contributed by atoms with Gasteiger partial charge in [-0.05, 0) is 12.8 Å². The van der Waals surface area contributed by atoms with Crippen LogP contribution >= 0.6 is 0 Å². The molecular weight excluding hydrogens is 239 g/mol. The van der Waals surface area contributed by atoms with E-state index in [4.69, 9.17) is 4.74 Å². The number of carbonyl (C=O) groups is 1. The molecule has 0 saturated heterocycles. The van der Waals surface area contributed by atoms with Crippen molar-refractivity contribution in [2.24, 2.45) is 0 Å². The maximum absolute atomic E-state index is 11.7. The fourth-order valence-electron chi connectivity index (χ4n) is 0.912. The number of unbranched alkanes of at least 4 members (excludes halogenated alkanes) is 1. The van der Waals surface area contributed by atoms with Gasteiger partial charge in [0.1, 0.15) is 0 Å². The molecule has 0 aliphatic heterocycles. The van der Waals surface area contributed by atoms with Crippen molar-refractivity contribution in [2.45, 2.75) is 32.4 Å². The largest absolute Gasteiger partial charge is 0.440 e. The van der Waals surface area contributed by atoms with E-state index in [1.54, 1.807) is 0 Å². The van der Waals surface area contributed by atoms with E-state index in [2.05, 4.69) is 10.1 Å². The maximum atomic E-state index is 11.7. The second-order valence-electron chi connectivity index (χ2n) is 3.44. The molecular formula is C10H18F3NO3. The minimum atomic E-state index is -4.49. The third-order valence-corrected chi connectivity index (χ3v) is 1.74. The van der Waals surface area contributed by atoms with Crippen LogP contribution in [0.1, 0.15) is 26.2 Å². The number of carbonyl (C=O) groups excluding carboxylic acids is 1. The molecule has 0 unspecified atom stereocenters. The normalized spacial score (nSPS) is 11.3. The average Bonchev–Trinajstić information content (AvgIpc) is 2.24. The third-order valence-electron chi connectivity index (χ3n) is 1.74. The van der Waals surface area contributed by atoms with Crippen LogP contribution < -0.4 is 5.32 Å². The van der Waals surface area contributed by atoms with Crippen LogP contribution in [-0.2, 0) is 9.47 Å². The topological polar surface area (TPSA) is 47.6 Å². The van der Waals surface area contributed by atoms with Crippen LogP contribution in [-0.4, -0.2) is 38.6 Å². The number of hydrogen-bond acceptors (Lipinski definition) is 3. The molecule has 1 amide bonds. The lowest BCUT2D eigenvalue weighted by Gasteiger charge is -2.09. The van der Waals surface area contributed by atoms with Crippen LogP contribution in [0.25, 0.3) is 0 Å². The van der Waals surface area contributed by atoms with Crippen LogP contribution in [0, 0.1) is 0 Å². The van der Waals surface area contributed by atoms with Gasteiger partial charge >= 0.3 is 12.3 Å². The Morgan fingerprint density at radius 3 is 2.47 bits per heavy atom. The Hall–Kier alpha value is -0.980. The van der Waals surface area contributed by atoms with E-state index in [9.17, 15) is 18.0 Å². The van der Waals surface area contributed by atoms with E-state index in [0.29, 0.717) is 19.6 Å². The van der Waals surface area contributed by atoms with Crippen LogP contribution in [0.15, 0.2) is 0 Å². The third kappa shape index (κ3) is 13.0. The molecule has 0 aromatic rings. The van der Waals surface area contributed by atoms with Gasteiger partial charge in [-0.25, -0.2) is 4.79 Å². The quantitative estimate of drug-likeness (QED) is 0.679. The van der Waals surface area contributed by atoms with Crippen molar-refractivity contribution in [3.05, 3.63) is 0 Å². The zero-order valence-corrected chi connectivity index (χ0v) is 9.81. The second-order valence-corrected chi connectivity index (χ2v) is 3.44. The average molecular weight is 257 g/mol. The Morgan fingerprint density at radius 1 is 1.24 bits per heavy atom. The highest BCUT2D eigenvalue weighted by Gasteiger charge is 2.29. The molecule has 102 valence electrons. The summed E-state index contributed by atoms with van der Waals surface area (Å²) in [6, 6.07) is 0. The van der Waals surface area contributed by atoms with Crippen LogP contribution in [0.5, 0.6) is 0 Å². The molecule has 17 heavy (non-hydrogen) atoms. The fraction of sp³-hybridized carbons (Fsp3) is 0.900. The smallest absolute Gasteiger partial charge is 0.422 e. The summed E-state index contributed by atoms with van der Waals surface area (Å²) in [6.45, 7) is 1.85. The van der Waals surface area contributed by atoms with Gasteiger partial charge < -0.3 is 14.8 Å². The Bertz CT molecular complexity index is 209. The lowest BCUT2D eigenvalue weighted by atomic mass is 10.4. The first-order valence-electron chi connectivity index (χ1n) is 5.51. The number of hydrogen-bond donors (Lipinski definition) is 1. The maximum Gasteiger partial charge on any atom is 0.422 e. The Kier molecular flexibility index (Phi) is 8.57. The van der Waals surface area contributed by atoms with Gasteiger partial charge in [0.15, 0.2) is 6.61 Å². The number of nitrogens with one attached hydrogen (secondary N) is 1. The van der Waals surface area contributed by atoms with Crippen LogP contribution in [0.3, 0.4) is 0 Å². The number of ether oxygens (including phenoxy) is 2. The SMILES string of the molecule is CCCCOCCCNC(=O)OCC(F)(F)F. The standard InChI is InChI=1S/C10H18F3NO3/c1-2-3-6-16-7-4-5-14-9(15)17-8-10(11,12)13/h2-8H2,1H3,(H,14,15). The lowest BCUT2D eigenvalue weighted by Crippen LogP contribution is -2.30. The fourth-order valence-corrected chi connectivity index (χ4v) is 0.912. The van der Waals surface area contributed by atoms with Gasteiger partial charge in [0, 0.05) is 19.8 Å². The number of rotatable bonds is 8. The predicted octanol–water partition coefficient (Wildman–Crippen LogP) is 2.48. The molecule has 0 radical (unpaired) electrons. The monoisotopic (exact) mass is 257 g/mol. The first-order chi connectivity index (χ1) is 7.95. The van der Waals surface area contributed by atoms with Crippen molar-refractivity contribution < 1.29 is 27.4 Å². The molecule has 4 nitrogen and oxygen atoms in total. The molecule has 0 saturated carbocycles. The molecule has 0 aromatic heterocycles. The first kappa shape index (κ1) is 16.0. The van der Waals surface area contributed by atoms with E-state index in [1.165, 1.54) is 0 Å². The molecule has 0 rings (SSSR count). The van der Waals surface area contributed by atoms with Crippen molar-refractivity contribution in [1.82, 2.24) is 5.32 Å². The summed E-state index contributed by atoms with van der Waals surface area (Å²) in [6.07, 6.45) is -2.98. The highest BCUT2D eigenvalue weighted by Crippen LogP contribution is 2.14. The number of alkyl carbamates (subject to hydrolysis) is 1. The van der Waals surface area contributed by atoms with Crippen molar-refractivity contribution in [3.63, 3.8) is 0 Å². The lowest BCUT2D eigenvalue weighted by molar-refractivity contribution is -0.160. The Balaban J connectivity index is 3.28. The minimum absolute atomic E-state index is 0.239. The zero-order valence-electron chi connectivity index (χ0n) is 9.81. The molecule has 1 N–H and O–H groups in total. The molecule has 0 bridgehead atoms. The van der Waals surface area contributed by atoms with Gasteiger partial charge in [0.05, 0.1) is 0 Å². The number of alkyl halides is 3. The molecule has 0 spiro atoms. The first-order valence-corrected chi connectivity index (χ1v) is 5.51. The van der Waals surface area contributed by atoms with E-state index >= 15 is 0 Å². The van der Waals surface area contributed by atoms with E-state index in [0.717, 1.165) is 12.8 Å². The molecule has 0 aromatic carbocycles. The van der Waals surface area contributed by atoms with Crippen molar-refractivity contribution in [2.75, 3.05) is 26.4 Å². The highest BCUT2D eigenvalue weighted by atomic mass is 19.4. The summed E-state index contributed by atoms with van der Waals surface area (Å²) < 4.78 is 44.1. The molecule has 0 heterocycles. The van der Waals surface area contributed by atoms with E-state index in [-0.39, 0.29) is 6.54 Å². The summed E-state index contributed by atoms with van der Waals surface area (Å²) >= 11 is 0. The molecule has 0 aliphatic carbocycles. The highest BCUT2D eigenvalue weighted by molar-refractivity contribution is 5.67. The van der Waals surface area contributed by atoms with Gasteiger partial charge in [0.25, 0.3) is 0 Å². The summed E-state index contributed by atoms with van der Waals surface area (Å²) in [7, 11) is 0. The summed E-state index contributed by atoms with van der Waals surface area (Å²) in [5.74, 6) is 0. The summed E-state index contributed by atoms with van der Waals surface area (Å²) in [5.41, 5.74) is 0. The van der Waals surface area contributed by atoms with Gasteiger partial charge in [-0.3, -0.25) is 0 Å². The van der Waals surface area contributed by atoms with Gasteiger partial charge in [-0.2, -0.15) is 13.2 Å². The minimum Gasteiger partial charge on any atom is -0.440 e. The van der Waals surface area contributed by atoms with E-state index in [1.807, 2.05) is 6.92 Å². The summed E-state index contributed by atoms with van der Waals surface area (Å²) in [4.78, 5) is 10.8. The number of halogens is 3. The van der Waals surface area contributed by atoms with Crippen molar-refractivity contribution in [3.8, 4) is 0 Å². The van der Waals surface area contributed by atoms with Gasteiger partial charge in [-0.15, -0.1) is 0 Å². The zero-order chi connectivity index (χ0) is 13.1. The second kappa shape index (κ2) is 9.09. The van der Waals surface area contributed by atoms with Gasteiger partial charge in [0.2, 0.25) is 0 Å². The molecule has 0 fully saturated rings. The summed E-state index contributed by atoms with van der Waals surface area (Å²) in [5, 5.41) is 2.20.